The van der Waals surface area contributed by atoms with Crippen LogP contribution in [0.5, 0.6) is 0 Å². The molecular formula is C18H15F2N5O. The fourth-order valence-corrected chi connectivity index (χ4v) is 3.24. The zero-order valence-electron chi connectivity index (χ0n) is 13.7. The third-order valence-corrected chi connectivity index (χ3v) is 4.51. The Morgan fingerprint density at radius 1 is 1.35 bits per heavy atom. The molecule has 0 saturated heterocycles. The van der Waals surface area contributed by atoms with Crippen LogP contribution < -0.4 is 5.32 Å². The Balaban J connectivity index is 1.77. The molecule has 0 bridgehead atoms. The number of rotatable bonds is 3. The normalized spacial score (nSPS) is 16.4. The average Bonchev–Trinajstić information content (AvgIpc) is 3.14. The fraction of sp³-hybridized carbons (Fsp3) is 0.167. The van der Waals surface area contributed by atoms with E-state index in [0.29, 0.717) is 17.0 Å². The van der Waals surface area contributed by atoms with Crippen molar-refractivity contribution < 1.29 is 13.6 Å². The molecule has 0 spiro atoms. The maximum Gasteiger partial charge on any atom is 0.246 e. The van der Waals surface area contributed by atoms with Crippen LogP contribution in [0.2, 0.25) is 0 Å². The SMILES string of the molecule is C=CC(=O)N1Cc2c(ccc(F)c2F)[C@H](Nc2ncnc3[nH]ccc23)C1. The number of nitrogens with one attached hydrogen (secondary N) is 2. The number of halogens is 2. The first-order valence-corrected chi connectivity index (χ1v) is 8.01. The number of nitrogens with zero attached hydrogens (tertiary/aromatic N) is 3. The van der Waals surface area contributed by atoms with Crippen LogP contribution >= 0.6 is 0 Å². The van der Waals surface area contributed by atoms with Crippen LogP contribution in [0.15, 0.2) is 43.4 Å². The van der Waals surface area contributed by atoms with Gasteiger partial charge in [0.05, 0.1) is 11.4 Å². The molecule has 3 aromatic rings. The maximum absolute atomic E-state index is 14.3. The second-order valence-electron chi connectivity index (χ2n) is 6.01. The van der Waals surface area contributed by atoms with Crippen molar-refractivity contribution in [3.05, 3.63) is 66.1 Å². The second-order valence-corrected chi connectivity index (χ2v) is 6.01. The van der Waals surface area contributed by atoms with Gasteiger partial charge in [0, 0.05) is 24.8 Å². The molecule has 1 aliphatic rings. The number of fused-ring (bicyclic) bond motifs is 2. The van der Waals surface area contributed by atoms with E-state index in [-0.39, 0.29) is 24.6 Å². The third kappa shape index (κ3) is 2.59. The van der Waals surface area contributed by atoms with Crippen molar-refractivity contribution in [1.82, 2.24) is 19.9 Å². The van der Waals surface area contributed by atoms with Crippen molar-refractivity contribution in [3.8, 4) is 0 Å². The van der Waals surface area contributed by atoms with Gasteiger partial charge in [-0.15, -0.1) is 0 Å². The zero-order chi connectivity index (χ0) is 18.3. The third-order valence-electron chi connectivity index (χ3n) is 4.51. The quantitative estimate of drug-likeness (QED) is 0.709. The summed E-state index contributed by atoms with van der Waals surface area (Å²) in [5, 5.41) is 4.00. The summed E-state index contributed by atoms with van der Waals surface area (Å²) in [5.74, 6) is -1.68. The highest BCUT2D eigenvalue weighted by molar-refractivity contribution is 5.88. The van der Waals surface area contributed by atoms with E-state index in [1.54, 1.807) is 6.20 Å². The van der Waals surface area contributed by atoms with E-state index in [9.17, 15) is 13.6 Å². The molecule has 2 N–H and O–H groups in total. The summed E-state index contributed by atoms with van der Waals surface area (Å²) >= 11 is 0. The molecule has 0 saturated carbocycles. The van der Waals surface area contributed by atoms with Crippen LogP contribution in [0.1, 0.15) is 17.2 Å². The minimum Gasteiger partial charge on any atom is -0.361 e. The van der Waals surface area contributed by atoms with Crippen molar-refractivity contribution in [1.29, 1.82) is 0 Å². The van der Waals surface area contributed by atoms with Gasteiger partial charge in [-0.05, 0) is 23.8 Å². The van der Waals surface area contributed by atoms with Crippen LogP contribution in [-0.2, 0) is 11.3 Å². The summed E-state index contributed by atoms with van der Waals surface area (Å²) in [6.45, 7) is 3.74. The van der Waals surface area contributed by atoms with Crippen molar-refractivity contribution in [2.24, 2.45) is 0 Å². The van der Waals surface area contributed by atoms with Crippen molar-refractivity contribution in [2.45, 2.75) is 12.6 Å². The number of hydrogen-bond acceptors (Lipinski definition) is 4. The number of amides is 1. The number of aromatic nitrogens is 3. The van der Waals surface area contributed by atoms with Crippen LogP contribution in [0.4, 0.5) is 14.6 Å². The minimum absolute atomic E-state index is 0.00863. The van der Waals surface area contributed by atoms with E-state index in [1.165, 1.54) is 17.3 Å². The van der Waals surface area contributed by atoms with Gasteiger partial charge in [-0.25, -0.2) is 18.7 Å². The van der Waals surface area contributed by atoms with Crippen LogP contribution in [0.25, 0.3) is 11.0 Å². The maximum atomic E-state index is 14.3. The van der Waals surface area contributed by atoms with Gasteiger partial charge in [0.25, 0.3) is 0 Å². The highest BCUT2D eigenvalue weighted by Gasteiger charge is 2.31. The lowest BCUT2D eigenvalue weighted by atomic mass is 9.94. The molecule has 132 valence electrons. The first kappa shape index (κ1) is 16.2. The van der Waals surface area contributed by atoms with E-state index >= 15 is 0 Å². The summed E-state index contributed by atoms with van der Waals surface area (Å²) in [4.78, 5) is 24.9. The molecule has 3 heterocycles. The summed E-state index contributed by atoms with van der Waals surface area (Å²) in [6.07, 6.45) is 4.30. The molecule has 1 aliphatic heterocycles. The highest BCUT2D eigenvalue weighted by Crippen LogP contribution is 2.33. The molecule has 1 aromatic carbocycles. The monoisotopic (exact) mass is 355 g/mol. The van der Waals surface area contributed by atoms with Crippen molar-refractivity contribution in [2.75, 3.05) is 11.9 Å². The Bertz CT molecular complexity index is 1020. The lowest BCUT2D eigenvalue weighted by Crippen LogP contribution is -2.40. The van der Waals surface area contributed by atoms with E-state index < -0.39 is 17.7 Å². The lowest BCUT2D eigenvalue weighted by molar-refractivity contribution is -0.127. The molecule has 6 nitrogen and oxygen atoms in total. The minimum atomic E-state index is -0.939. The second kappa shape index (κ2) is 6.21. The number of hydrogen-bond donors (Lipinski definition) is 2. The van der Waals surface area contributed by atoms with Gasteiger partial charge in [0.1, 0.15) is 17.8 Å². The van der Waals surface area contributed by atoms with E-state index in [4.69, 9.17) is 0 Å². The summed E-state index contributed by atoms with van der Waals surface area (Å²) < 4.78 is 28.0. The number of carbonyl (C=O) groups is 1. The zero-order valence-corrected chi connectivity index (χ0v) is 13.7. The molecule has 1 amide bonds. The Morgan fingerprint density at radius 3 is 3.00 bits per heavy atom. The van der Waals surface area contributed by atoms with Crippen LogP contribution in [0, 0.1) is 11.6 Å². The Hall–Kier alpha value is -3.29. The smallest absolute Gasteiger partial charge is 0.246 e. The number of aromatic amines is 1. The van der Waals surface area contributed by atoms with E-state index in [1.807, 2.05) is 6.07 Å². The standard InChI is InChI=1S/C18H15F2N5O/c1-2-15(26)25-7-12-10(3-4-13(19)16(12)20)14(8-25)24-18-11-5-6-21-17(11)22-9-23-18/h2-6,9,14H,1,7-8H2,(H2,21,22,23,24)/t14-/m1/s1. The Labute approximate surface area is 147 Å². The summed E-state index contributed by atoms with van der Waals surface area (Å²) in [5.41, 5.74) is 1.41. The van der Waals surface area contributed by atoms with Crippen molar-refractivity contribution in [3.63, 3.8) is 0 Å². The number of carbonyl (C=O) groups excluding carboxylic acids is 1. The van der Waals surface area contributed by atoms with E-state index in [0.717, 1.165) is 17.5 Å². The van der Waals surface area contributed by atoms with Gasteiger partial charge >= 0.3 is 0 Å². The summed E-state index contributed by atoms with van der Waals surface area (Å²) in [7, 11) is 0. The lowest BCUT2D eigenvalue weighted by Gasteiger charge is -2.35. The van der Waals surface area contributed by atoms with Gasteiger partial charge in [0.2, 0.25) is 5.91 Å². The average molecular weight is 355 g/mol. The topological polar surface area (TPSA) is 73.9 Å². The first-order valence-electron chi connectivity index (χ1n) is 8.01. The predicted octanol–water partition coefficient (Wildman–Crippen LogP) is 2.92. The van der Waals surface area contributed by atoms with Crippen molar-refractivity contribution >= 4 is 22.8 Å². The van der Waals surface area contributed by atoms with Gasteiger partial charge in [-0.2, -0.15) is 0 Å². The number of benzene rings is 1. The molecule has 1 atom stereocenters. The number of anilines is 1. The number of H-pyrrole nitrogens is 1. The first-order chi connectivity index (χ1) is 12.6. The van der Waals surface area contributed by atoms with Gasteiger partial charge < -0.3 is 15.2 Å². The molecule has 0 radical (unpaired) electrons. The fourth-order valence-electron chi connectivity index (χ4n) is 3.24. The Kier molecular flexibility index (Phi) is 3.87. The molecule has 8 heteroatoms. The van der Waals surface area contributed by atoms with Crippen LogP contribution in [-0.4, -0.2) is 32.3 Å². The summed E-state index contributed by atoms with van der Waals surface area (Å²) in [6, 6.07) is 4.00. The van der Waals surface area contributed by atoms with Gasteiger partial charge in [-0.1, -0.05) is 12.6 Å². The molecule has 4 rings (SSSR count). The Morgan fingerprint density at radius 2 is 2.19 bits per heavy atom. The largest absolute Gasteiger partial charge is 0.361 e. The van der Waals surface area contributed by atoms with E-state index in [2.05, 4.69) is 26.8 Å². The molecule has 26 heavy (non-hydrogen) atoms. The molecular weight excluding hydrogens is 340 g/mol. The van der Waals surface area contributed by atoms with Gasteiger partial charge in [0.15, 0.2) is 11.6 Å². The highest BCUT2D eigenvalue weighted by atomic mass is 19.2. The van der Waals surface area contributed by atoms with Crippen LogP contribution in [0.3, 0.4) is 0 Å². The molecule has 2 aromatic heterocycles. The predicted molar refractivity (Wildman–Crippen MR) is 92.2 cm³/mol. The molecule has 0 unspecified atom stereocenters. The molecule has 0 aliphatic carbocycles. The molecule has 0 fully saturated rings. The van der Waals surface area contributed by atoms with Gasteiger partial charge in [-0.3, -0.25) is 4.79 Å².